The van der Waals surface area contributed by atoms with Crippen LogP contribution in [0.25, 0.3) is 22.3 Å². The van der Waals surface area contributed by atoms with E-state index in [1.54, 1.807) is 0 Å². The predicted octanol–water partition coefficient (Wildman–Crippen LogP) is 15.0. The van der Waals surface area contributed by atoms with E-state index in [2.05, 4.69) is 9.97 Å². The van der Waals surface area contributed by atoms with Crippen molar-refractivity contribution in [2.75, 3.05) is 52.2 Å². The lowest BCUT2D eigenvalue weighted by Crippen LogP contribution is -2.40. The molecule has 0 fully saturated rings. The predicted molar refractivity (Wildman–Crippen MR) is 362 cm³/mol. The molecule has 0 N–H and O–H groups in total. The Balaban J connectivity index is 0.000000289. The van der Waals surface area contributed by atoms with Gasteiger partial charge in [-0.1, -0.05) is 155 Å². The van der Waals surface area contributed by atoms with Crippen molar-refractivity contribution in [1.29, 1.82) is 0 Å². The number of aromatic nitrogens is 4. The first-order chi connectivity index (χ1) is 58.6. The minimum Gasteiger partial charge on any atom is -0.336 e. The number of alkyl halides is 6. The lowest BCUT2D eigenvalue weighted by molar-refractivity contribution is -0.138. The molecule has 22 heteroatoms. The fourth-order valence-electron chi connectivity index (χ4n) is 9.24. The number of amides is 2. The number of carbonyl (C=O) groups is 2. The Hall–Kier alpha value is -7.92. The minimum atomic E-state index is -5.19. The highest BCUT2D eigenvalue weighted by molar-refractivity contribution is 7.98. The highest BCUT2D eigenvalue weighted by Gasteiger charge is 2.34. The molecular formula is C74H80F8N8O4S2. The van der Waals surface area contributed by atoms with Crippen LogP contribution >= 0.6 is 23.5 Å². The van der Waals surface area contributed by atoms with Crippen LogP contribution in [0.3, 0.4) is 0 Å². The van der Waals surface area contributed by atoms with E-state index in [0.29, 0.717) is 27.5 Å². The van der Waals surface area contributed by atoms with Crippen molar-refractivity contribution in [2.45, 2.75) is 134 Å². The first-order valence-electron chi connectivity index (χ1n) is 45.4. The Labute approximate surface area is 608 Å². The van der Waals surface area contributed by atoms with Crippen molar-refractivity contribution in [2.24, 2.45) is 5.89 Å². The normalized spacial score (nSPS) is 21.1. The molecule has 0 aliphatic heterocycles. The molecule has 1 atom stereocenters. The Kier molecular flexibility index (Phi) is 13.9. The van der Waals surface area contributed by atoms with E-state index in [1.165, 1.54) is 64.1 Å². The fraction of sp³-hybridized carbons (Fsp3) is 0.378. The molecule has 0 spiro atoms. The second-order valence-corrected chi connectivity index (χ2v) is 22.7. The van der Waals surface area contributed by atoms with Gasteiger partial charge in [-0.05, 0) is 163 Å². The highest BCUT2D eigenvalue weighted by atomic mass is 32.2. The van der Waals surface area contributed by atoms with Gasteiger partial charge in [-0.2, -0.15) is 36.3 Å². The average Bonchev–Trinajstić information content (AvgIpc) is 1.51. The zero-order valence-electron chi connectivity index (χ0n) is 83.9. The Morgan fingerprint density at radius 1 is 0.573 bits per heavy atom. The third-order valence-corrected chi connectivity index (χ3v) is 16.2. The Morgan fingerprint density at radius 3 is 1.52 bits per heavy atom. The molecule has 0 radical (unpaired) electrons. The number of halogens is 8. The van der Waals surface area contributed by atoms with Gasteiger partial charge in [0.15, 0.2) is 10.3 Å². The molecule has 10 rings (SSSR count). The van der Waals surface area contributed by atoms with Crippen LogP contribution in [0.2, 0.25) is 0 Å². The molecule has 1 unspecified atom stereocenters. The van der Waals surface area contributed by atoms with Crippen LogP contribution in [0.15, 0.2) is 159 Å². The van der Waals surface area contributed by atoms with E-state index in [0.717, 1.165) is 35.8 Å². The van der Waals surface area contributed by atoms with Crippen LogP contribution in [-0.4, -0.2) is 103 Å². The van der Waals surface area contributed by atoms with E-state index in [4.69, 9.17) is 32.9 Å². The van der Waals surface area contributed by atoms with Gasteiger partial charge < -0.3 is 28.7 Å². The summed E-state index contributed by atoms with van der Waals surface area (Å²) in [6.07, 6.45) is -16.1. The van der Waals surface area contributed by atoms with Crippen LogP contribution < -0.4 is 11.1 Å². The zero-order valence-corrected chi connectivity index (χ0v) is 53.6. The van der Waals surface area contributed by atoms with Crippen molar-refractivity contribution >= 4 is 35.3 Å². The maximum absolute atomic E-state index is 15.0. The van der Waals surface area contributed by atoms with Crippen LogP contribution in [0.5, 0.6) is 0 Å². The number of carbonyl (C=O) groups excluding carboxylic acids is 2. The molecule has 0 bridgehead atoms. The van der Waals surface area contributed by atoms with Crippen molar-refractivity contribution in [3.63, 3.8) is 0 Å². The lowest BCUT2D eigenvalue weighted by Gasteiger charge is -2.28. The molecule has 2 aromatic heterocycles. The number of fused-ring (bicyclic) bond motifs is 2. The van der Waals surface area contributed by atoms with Gasteiger partial charge in [0.2, 0.25) is 11.8 Å². The standard InChI is InChI=1S/2C37H40F4N4O2S/c1-4-43(5-2)18-19-44(22-26-6-10-28(11-7-26)29-12-14-30(15-13-29)37(39,40)41)34(46)23-45-33-21-25(3)20-32(33)35(47)42-36(45)48-24-27-8-16-31(38)17-9-27;1-4-43(5-2)19-20-44(22-26-9-13-28(14-10-26)29-15-18-32(25(3)21-29)37(39,40)41)34(46)23-45-33-8-6-7-31(33)35(47)42-36(45)48-24-27-11-16-30(38)17-12-27/h6-17,25H,4-5,18-24H2,1-3H3;9-18,21H,4-8,19-20,22-24H2,1-3H3/i8D,9D,16D,17D,18D2,19D2,20D2,21D2,23D2,25D;9D,10D,11D,12D,13D,14D,15D,16D,17D,18D,19D2,20D2,21D,23D2. The number of rotatable bonds is 26. The molecule has 12 nitrogen and oxygen atoms in total. The summed E-state index contributed by atoms with van der Waals surface area (Å²) in [5, 5.41) is -1.54. The van der Waals surface area contributed by atoms with Gasteiger partial charge >= 0.3 is 12.4 Å². The molecule has 0 saturated heterocycles. The molecule has 2 aliphatic carbocycles. The third-order valence-electron chi connectivity index (χ3n) is 14.3. The van der Waals surface area contributed by atoms with Gasteiger partial charge in [0.05, 0.1) is 42.7 Å². The van der Waals surface area contributed by atoms with Gasteiger partial charge in [0, 0.05) is 85.4 Å². The van der Waals surface area contributed by atoms with E-state index < -0.39 is 286 Å². The third kappa shape index (κ3) is 19.0. The Morgan fingerprint density at radius 2 is 1.03 bits per heavy atom. The molecule has 0 saturated carbocycles. The molecule has 2 amide bonds. The van der Waals surface area contributed by atoms with E-state index >= 15 is 9.59 Å². The quantitative estimate of drug-likeness (QED) is 0.0295. The molecule has 508 valence electrons. The van der Waals surface area contributed by atoms with E-state index in [9.17, 15) is 55.7 Å². The lowest BCUT2D eigenvalue weighted by atomic mass is 9.98. The largest absolute Gasteiger partial charge is 0.416 e. The molecule has 6 aromatic carbocycles. The Bertz CT molecular complexity index is 5750. The number of benzene rings is 6. The number of likely N-dealkylation sites (N-methyl/N-ethyl adjacent to an activating group) is 2. The molecule has 2 aliphatic rings. The highest BCUT2D eigenvalue weighted by Crippen LogP contribution is 2.36. The number of hydrogen-bond donors (Lipinski definition) is 0. The fourth-order valence-corrected chi connectivity index (χ4v) is 10.9. The van der Waals surface area contributed by atoms with E-state index in [-0.39, 0.29) is 88.4 Å². The van der Waals surface area contributed by atoms with Crippen molar-refractivity contribution in [3.8, 4) is 22.3 Å². The second-order valence-electron chi connectivity index (χ2n) is 20.8. The van der Waals surface area contributed by atoms with Crippen molar-refractivity contribution in [3.05, 3.63) is 233 Å². The molecule has 96 heavy (non-hydrogen) atoms. The van der Waals surface area contributed by atoms with Gasteiger partial charge in [-0.3, -0.25) is 19.2 Å². The van der Waals surface area contributed by atoms with Crippen LogP contribution in [0, 0.1) is 24.5 Å². The maximum atomic E-state index is 15.0. The summed E-state index contributed by atoms with van der Waals surface area (Å²) in [7, 11) is 0. The molecule has 8 aromatic rings. The minimum absolute atomic E-state index is 0.00171. The number of hydrogen-bond acceptors (Lipinski definition) is 10. The van der Waals surface area contributed by atoms with E-state index in [1.807, 2.05) is 0 Å². The summed E-state index contributed by atoms with van der Waals surface area (Å²) in [4.78, 5) is 66.8. The van der Waals surface area contributed by atoms with Crippen molar-refractivity contribution < 1.29 is 88.6 Å². The second kappa shape index (κ2) is 32.9. The summed E-state index contributed by atoms with van der Waals surface area (Å²) in [6.45, 7) is -16.3. The first kappa shape index (κ1) is 40.7. The first-order valence-corrected chi connectivity index (χ1v) is 31.4. The van der Waals surface area contributed by atoms with Crippen LogP contribution in [0.4, 0.5) is 35.1 Å². The monoisotopic (exact) mass is 1390 g/mol. The van der Waals surface area contributed by atoms with Crippen LogP contribution in [-0.2, 0) is 85.1 Å². The van der Waals surface area contributed by atoms with Gasteiger partial charge in [0.25, 0.3) is 11.1 Å². The van der Waals surface area contributed by atoms with Crippen LogP contribution in [0.1, 0.15) is 146 Å². The summed E-state index contributed by atoms with van der Waals surface area (Å²) < 4.78 is 390. The van der Waals surface area contributed by atoms with Gasteiger partial charge in [-0.25, -0.2) is 8.78 Å². The van der Waals surface area contributed by atoms with Crippen molar-refractivity contribution in [1.82, 2.24) is 38.7 Å². The number of nitrogens with zero attached hydrogens (tertiary/aromatic N) is 8. The number of thioether (sulfide) groups is 2. The zero-order chi connectivity index (χ0) is 97.2. The van der Waals surface area contributed by atoms with Gasteiger partial charge in [0.1, 0.15) is 24.6 Å². The SMILES string of the molecule is [2H]c1c([2H])c(CSc2nc(=O)c3c(n2C([2H])([2H])C(=O)N(Cc2c([2H])c([2H])c(-c4c([2H])c([2H])c(C(F)(F)F)c(C)c4[2H])c([2H])c2[2H])C([2H])([2H])C([2H])([2H])N(CC)CC)CCC3)c([2H])c([2H])c1F.[2H]c1c([2H])c(CSc2nc(=O)c3c(n2C([2H])([2H])C(=O)N(Cc2ccc(-c4ccc(C(F)(F)F)cc4)cc2)C([2H])([2H])C([2H])([2H])N(CC)CC)C([2H])([2H])C([2H])(C)C3([2H])[2H])c([2H])c([2H])c1F. The summed E-state index contributed by atoms with van der Waals surface area (Å²) in [6, 6.07) is -6.17. The molecule has 2 heterocycles. The maximum Gasteiger partial charge on any atom is 0.416 e. The topological polar surface area (TPSA) is 117 Å². The summed E-state index contributed by atoms with van der Waals surface area (Å²) in [5.41, 5.74) is -11.1. The average molecular weight is 1390 g/mol. The summed E-state index contributed by atoms with van der Waals surface area (Å²) in [5.74, 6) is -11.1. The summed E-state index contributed by atoms with van der Waals surface area (Å²) >= 11 is 0.695. The van der Waals surface area contributed by atoms with Gasteiger partial charge in [-0.15, -0.1) is 0 Å². The smallest absolute Gasteiger partial charge is 0.336 e. The molecular weight excluding hydrogens is 1280 g/mol.